The third kappa shape index (κ3) is 13.3. The molecule has 0 atom stereocenters. The fraction of sp³-hybridized carbons (Fsp3) is 0. The molecule has 0 aliphatic heterocycles. The summed E-state index contributed by atoms with van der Waals surface area (Å²) in [4.78, 5) is 0. The Balaban J connectivity index is -0.000000143. The average molecular weight is 765 g/mol. The van der Waals surface area contributed by atoms with Crippen LogP contribution in [0.5, 0.6) is 0 Å². The van der Waals surface area contributed by atoms with E-state index in [1.807, 2.05) is 0 Å². The third-order valence-corrected chi connectivity index (χ3v) is 3.87. The molecule has 12 N–H and O–H groups in total. The molecule has 0 bridgehead atoms. The summed E-state index contributed by atoms with van der Waals surface area (Å²) < 4.78 is 2.89. The van der Waals surface area contributed by atoms with E-state index in [4.69, 9.17) is 0 Å². The van der Waals surface area contributed by atoms with E-state index < -0.39 is 0 Å². The molecule has 0 aromatic carbocycles. The van der Waals surface area contributed by atoms with Crippen LogP contribution in [0, 0.1) is 20.8 Å². The second kappa shape index (κ2) is 20.9. The number of rotatable bonds is 2. The molecule has 195 valence electrons. The van der Waals surface area contributed by atoms with Crippen molar-refractivity contribution in [3.05, 3.63) is 119 Å². The molecule has 0 amide bonds. The Kier molecular flexibility index (Phi) is 25.6. The molecule has 0 unspecified atom stereocenters. The van der Waals surface area contributed by atoms with Crippen LogP contribution in [-0.4, -0.2) is 0 Å². The summed E-state index contributed by atoms with van der Waals surface area (Å²) >= 11 is 0. The molecule has 4 aromatic heterocycles. The van der Waals surface area contributed by atoms with Crippen LogP contribution in [0.1, 0.15) is 0 Å². The molecule has 0 fully saturated rings. The molecule has 12 nitrogen and oxygen atoms in total. The fourth-order valence-electron chi connectivity index (χ4n) is 2.42. The van der Waals surface area contributed by atoms with Crippen LogP contribution < -0.4 is 66.9 Å². The van der Waals surface area contributed by atoms with Crippen molar-refractivity contribution in [2.45, 2.75) is 0 Å². The molecule has 35 heavy (non-hydrogen) atoms. The summed E-state index contributed by atoms with van der Waals surface area (Å²) in [5, 5.41) is 43.1. The normalized spacial score (nSPS) is 8.00. The number of aromatic nitrogens is 4. The van der Waals surface area contributed by atoms with E-state index in [2.05, 4.69) is 0 Å². The first kappa shape index (κ1) is 42.7. The van der Waals surface area contributed by atoms with Crippen molar-refractivity contribution in [2.24, 2.45) is 0 Å². The first-order valence-electron chi connectivity index (χ1n) is 8.27. The zero-order chi connectivity index (χ0) is 19.9. The monoisotopic (exact) mass is 765 g/mol. The first-order valence-corrected chi connectivity index (χ1v) is 8.27. The predicted octanol–water partition coefficient (Wildman–Crippen LogP) is -8.44. The molecule has 1 radical (unpaired) electrons. The topological polar surface area (TPSA) is 240 Å². The number of halogens is 2. The summed E-state index contributed by atoms with van der Waals surface area (Å²) in [6, 6.07) is 13.6. The van der Waals surface area contributed by atoms with Gasteiger partial charge in [-0.05, 0) is 22.3 Å². The molecular weight excluding hydrogens is 737 g/mol. The van der Waals surface area contributed by atoms with Gasteiger partial charge < -0.3 is 90.7 Å². The Morgan fingerprint density at radius 1 is 0.343 bits per heavy atom. The van der Waals surface area contributed by atoms with Gasteiger partial charge in [0.05, 0.1) is 0 Å². The number of pyridine rings is 4. The summed E-state index contributed by atoms with van der Waals surface area (Å²) in [6.07, 6.45) is 11.4. The number of hydrogen-bond donors (Lipinski definition) is 0. The van der Waals surface area contributed by atoms with Crippen molar-refractivity contribution in [2.75, 3.05) is 0 Å². The summed E-state index contributed by atoms with van der Waals surface area (Å²) in [6.45, 7) is 0. The van der Waals surface area contributed by atoms with E-state index in [0.29, 0.717) is 0 Å². The van der Waals surface area contributed by atoms with Gasteiger partial charge in [-0.3, -0.25) is 0 Å². The maximum absolute atomic E-state index is 10.8. The van der Waals surface area contributed by atoms with Crippen molar-refractivity contribution >= 4 is 0 Å². The van der Waals surface area contributed by atoms with Gasteiger partial charge in [0.25, 0.3) is 0 Å². The molecule has 15 heteroatoms. The molecular formula is C20H28CoI2N4O8+4. The van der Waals surface area contributed by atoms with Crippen LogP contribution in [0.3, 0.4) is 0 Å². The maximum atomic E-state index is 10.8. The zero-order valence-corrected chi connectivity index (χ0v) is 23.4. The van der Waals surface area contributed by atoms with Gasteiger partial charge >= 0.3 is 16.8 Å². The second-order valence-electron chi connectivity index (χ2n) is 5.79. The molecule has 0 saturated heterocycles. The minimum atomic E-state index is 0. The SMILES string of the molecule is [Co+2].[I-].[I-].[O-][n+]1ccc(-c2cc[n+]([O-])cc2)cc1.[O-][n+]1ccc(-c2cc[n+]([O-])cc2)cc1.[OH3+].[OH3+].[OH3+].[OH3+]. The second-order valence-corrected chi connectivity index (χ2v) is 5.79. The Morgan fingerprint density at radius 2 is 0.457 bits per heavy atom. The minimum Gasteiger partial charge on any atom is -1.00 e. The summed E-state index contributed by atoms with van der Waals surface area (Å²) in [5.74, 6) is 0. The zero-order valence-electron chi connectivity index (χ0n) is 18.1. The van der Waals surface area contributed by atoms with E-state index in [1.54, 1.807) is 48.5 Å². The molecule has 4 rings (SSSR count). The van der Waals surface area contributed by atoms with Crippen LogP contribution in [0.4, 0.5) is 0 Å². The van der Waals surface area contributed by atoms with Gasteiger partial charge in [0.1, 0.15) is 0 Å². The Morgan fingerprint density at radius 3 is 0.571 bits per heavy atom. The Bertz CT molecular complexity index is 873. The van der Waals surface area contributed by atoms with E-state index in [0.717, 1.165) is 41.2 Å². The quantitative estimate of drug-likeness (QED) is 0.0836. The fourth-order valence-corrected chi connectivity index (χ4v) is 2.42. The summed E-state index contributed by atoms with van der Waals surface area (Å²) in [5.41, 5.74) is 3.66. The summed E-state index contributed by atoms with van der Waals surface area (Å²) in [7, 11) is 0. The molecule has 4 heterocycles. The van der Waals surface area contributed by atoms with Gasteiger partial charge in [-0.1, -0.05) is 0 Å². The standard InChI is InChI=1S/2C10H8N2O2.Co.2HI.4H2O/c2*13-11-5-1-9(2-6-11)10-3-7-12(14)8-4-10;;;;;;;/h2*1-8H;;2*1H;4*1H2/q;;+2;;;;;;/p+2. The van der Waals surface area contributed by atoms with Gasteiger partial charge in [-0.15, -0.1) is 0 Å². The Hall–Kier alpha value is -2.39. The van der Waals surface area contributed by atoms with Crippen LogP contribution >= 0.6 is 0 Å². The van der Waals surface area contributed by atoms with Crippen LogP contribution in [0.25, 0.3) is 22.3 Å². The van der Waals surface area contributed by atoms with E-state index >= 15 is 0 Å². The minimum absolute atomic E-state index is 0. The number of nitrogens with zero attached hydrogens (tertiary/aromatic N) is 4. The smallest absolute Gasteiger partial charge is 1.00 e. The van der Waals surface area contributed by atoms with Crippen molar-refractivity contribution in [1.82, 2.24) is 0 Å². The van der Waals surface area contributed by atoms with Crippen LogP contribution in [0.2, 0.25) is 0 Å². The molecule has 0 saturated carbocycles. The van der Waals surface area contributed by atoms with Crippen LogP contribution in [-0.2, 0) is 38.7 Å². The third-order valence-electron chi connectivity index (χ3n) is 3.87. The van der Waals surface area contributed by atoms with Crippen molar-refractivity contribution in [1.29, 1.82) is 0 Å². The van der Waals surface area contributed by atoms with Gasteiger partial charge in [0.15, 0.2) is 49.6 Å². The van der Waals surface area contributed by atoms with Crippen LogP contribution in [0.15, 0.2) is 98.1 Å². The van der Waals surface area contributed by atoms with Crippen molar-refractivity contribution < 1.29 is 106 Å². The van der Waals surface area contributed by atoms with Gasteiger partial charge in [-0.2, -0.15) is 18.9 Å². The van der Waals surface area contributed by atoms with Crippen molar-refractivity contribution in [3.63, 3.8) is 0 Å². The largest absolute Gasteiger partial charge is 2.00 e. The van der Waals surface area contributed by atoms with Crippen molar-refractivity contribution in [3.8, 4) is 22.3 Å². The molecule has 0 aliphatic carbocycles. The number of hydrogen-bond acceptors (Lipinski definition) is 4. The molecule has 0 aliphatic rings. The van der Waals surface area contributed by atoms with Gasteiger partial charge in [0.2, 0.25) is 0 Å². The first-order chi connectivity index (χ1) is 13.5. The van der Waals surface area contributed by atoms with Gasteiger partial charge in [-0.25, -0.2) is 0 Å². The van der Waals surface area contributed by atoms with Gasteiger partial charge in [0, 0.05) is 48.5 Å². The predicted molar refractivity (Wildman–Crippen MR) is 119 cm³/mol. The Labute approximate surface area is 245 Å². The van der Waals surface area contributed by atoms with E-state index in [9.17, 15) is 20.8 Å². The molecule has 0 spiro atoms. The average Bonchev–Trinajstić information content (AvgIpc) is 2.71. The maximum Gasteiger partial charge on any atom is 2.00 e. The van der Waals surface area contributed by atoms with E-state index in [1.165, 1.54) is 49.6 Å². The molecule has 4 aromatic rings. The van der Waals surface area contributed by atoms with E-state index in [-0.39, 0.29) is 86.6 Å².